The van der Waals surface area contributed by atoms with Crippen LogP contribution in [0.2, 0.25) is 5.02 Å². The van der Waals surface area contributed by atoms with Gasteiger partial charge < -0.3 is 19.5 Å². The van der Waals surface area contributed by atoms with Gasteiger partial charge in [-0.25, -0.2) is 8.78 Å². The summed E-state index contributed by atoms with van der Waals surface area (Å²) < 4.78 is 43.9. The maximum Gasteiger partial charge on any atom is 0.292 e. The molecule has 3 aromatic rings. The zero-order chi connectivity index (χ0) is 21.8. The highest BCUT2D eigenvalue weighted by molar-refractivity contribution is 6.32. The highest BCUT2D eigenvalue weighted by Gasteiger charge is 2.17. The smallest absolute Gasteiger partial charge is 0.292 e. The van der Waals surface area contributed by atoms with Crippen molar-refractivity contribution < 1.29 is 23.0 Å². The Kier molecular flexibility index (Phi) is 6.41. The third-order valence-corrected chi connectivity index (χ3v) is 4.68. The van der Waals surface area contributed by atoms with Crippen LogP contribution in [0.4, 0.5) is 14.5 Å². The van der Waals surface area contributed by atoms with Crippen molar-refractivity contribution in [2.75, 3.05) is 26.6 Å². The van der Waals surface area contributed by atoms with Crippen LogP contribution in [0.1, 0.15) is 5.56 Å². The van der Waals surface area contributed by atoms with E-state index in [0.29, 0.717) is 28.9 Å². The summed E-state index contributed by atoms with van der Waals surface area (Å²) in [4.78, 5) is 12.6. The standard InChI is InChI=1S/C20H18ClF2N3O4/c1-28-16-7-4-11(18(29-2)19(16)30-3)9-24-14-10-25-26(20(27)17(14)21)15-6-5-12(22)8-13(15)23/h4-8,10,24H,9H2,1-3H3. The van der Waals surface area contributed by atoms with E-state index in [-0.39, 0.29) is 22.9 Å². The van der Waals surface area contributed by atoms with E-state index in [4.69, 9.17) is 25.8 Å². The fourth-order valence-electron chi connectivity index (χ4n) is 2.87. The van der Waals surface area contributed by atoms with Gasteiger partial charge in [0.1, 0.15) is 16.5 Å². The molecule has 0 amide bonds. The van der Waals surface area contributed by atoms with Crippen LogP contribution >= 0.6 is 11.6 Å². The summed E-state index contributed by atoms with van der Waals surface area (Å²) in [7, 11) is 4.50. The first-order chi connectivity index (χ1) is 14.4. The van der Waals surface area contributed by atoms with Crippen LogP contribution in [0.25, 0.3) is 5.69 Å². The van der Waals surface area contributed by atoms with E-state index >= 15 is 0 Å². The summed E-state index contributed by atoms with van der Waals surface area (Å²) >= 11 is 6.17. The summed E-state index contributed by atoms with van der Waals surface area (Å²) in [5.41, 5.74) is -0.0277. The Bertz CT molecular complexity index is 1140. The molecule has 158 valence electrons. The van der Waals surface area contributed by atoms with E-state index < -0.39 is 17.2 Å². The molecular formula is C20H18ClF2N3O4. The number of aromatic nitrogens is 2. The summed E-state index contributed by atoms with van der Waals surface area (Å²) in [6.45, 7) is 0.222. The summed E-state index contributed by atoms with van der Waals surface area (Å²) in [6.07, 6.45) is 1.28. The molecule has 1 aromatic heterocycles. The maximum absolute atomic E-state index is 14.0. The summed E-state index contributed by atoms with van der Waals surface area (Å²) in [6, 6.07) is 6.27. The van der Waals surface area contributed by atoms with Crippen molar-refractivity contribution in [3.05, 3.63) is 69.1 Å². The highest BCUT2D eigenvalue weighted by atomic mass is 35.5. The lowest BCUT2D eigenvalue weighted by Gasteiger charge is -2.17. The van der Waals surface area contributed by atoms with Crippen molar-refractivity contribution in [2.24, 2.45) is 0 Å². The minimum atomic E-state index is -0.934. The van der Waals surface area contributed by atoms with Gasteiger partial charge in [0.25, 0.3) is 5.56 Å². The monoisotopic (exact) mass is 437 g/mol. The van der Waals surface area contributed by atoms with Crippen molar-refractivity contribution >= 4 is 17.3 Å². The van der Waals surface area contributed by atoms with Crippen LogP contribution < -0.4 is 25.1 Å². The van der Waals surface area contributed by atoms with Crippen LogP contribution in [0.15, 0.2) is 41.3 Å². The van der Waals surface area contributed by atoms with Gasteiger partial charge in [0.05, 0.1) is 33.2 Å². The molecule has 0 aliphatic heterocycles. The SMILES string of the molecule is COc1ccc(CNc2cnn(-c3ccc(F)cc3F)c(=O)c2Cl)c(OC)c1OC. The molecule has 0 saturated carbocycles. The van der Waals surface area contributed by atoms with Crippen molar-refractivity contribution in [3.8, 4) is 22.9 Å². The minimum Gasteiger partial charge on any atom is -0.493 e. The molecule has 0 fully saturated rings. The van der Waals surface area contributed by atoms with Gasteiger partial charge >= 0.3 is 0 Å². The first-order valence-electron chi connectivity index (χ1n) is 8.66. The van der Waals surface area contributed by atoms with Crippen LogP contribution in [0.3, 0.4) is 0 Å². The second-order valence-electron chi connectivity index (χ2n) is 6.03. The molecule has 0 aliphatic rings. The van der Waals surface area contributed by atoms with E-state index in [0.717, 1.165) is 16.8 Å². The first kappa shape index (κ1) is 21.4. The number of nitrogens with one attached hydrogen (secondary N) is 1. The Morgan fingerprint density at radius 2 is 1.80 bits per heavy atom. The third kappa shape index (κ3) is 4.02. The molecule has 0 bridgehead atoms. The Hall–Kier alpha value is -3.33. The molecule has 0 unspecified atom stereocenters. The van der Waals surface area contributed by atoms with Crippen LogP contribution in [0, 0.1) is 11.6 Å². The quantitative estimate of drug-likeness (QED) is 0.606. The third-order valence-electron chi connectivity index (χ3n) is 4.31. The molecule has 3 rings (SSSR count). The molecular weight excluding hydrogens is 420 g/mol. The summed E-state index contributed by atoms with van der Waals surface area (Å²) in [5.74, 6) is -0.323. The second-order valence-corrected chi connectivity index (χ2v) is 6.41. The van der Waals surface area contributed by atoms with Gasteiger partial charge in [-0.05, 0) is 24.3 Å². The normalized spacial score (nSPS) is 10.6. The number of nitrogens with zero attached hydrogens (tertiary/aromatic N) is 2. The predicted octanol–water partition coefficient (Wildman–Crippen LogP) is 3.80. The number of hydrogen-bond donors (Lipinski definition) is 1. The fraction of sp³-hybridized carbons (Fsp3) is 0.200. The van der Waals surface area contributed by atoms with E-state index in [9.17, 15) is 13.6 Å². The lowest BCUT2D eigenvalue weighted by Crippen LogP contribution is -2.23. The Labute approximate surface area is 175 Å². The Balaban J connectivity index is 1.91. The molecule has 7 nitrogen and oxygen atoms in total. The minimum absolute atomic E-state index is 0.201. The fourth-order valence-corrected chi connectivity index (χ4v) is 3.07. The van der Waals surface area contributed by atoms with Crippen LogP contribution in [0.5, 0.6) is 17.2 Å². The van der Waals surface area contributed by atoms with E-state index in [1.807, 2.05) is 0 Å². The Morgan fingerprint density at radius 3 is 2.43 bits per heavy atom. The molecule has 0 aliphatic carbocycles. The average molecular weight is 438 g/mol. The van der Waals surface area contributed by atoms with Gasteiger partial charge in [-0.1, -0.05) is 11.6 Å². The van der Waals surface area contributed by atoms with Gasteiger partial charge in [0, 0.05) is 18.2 Å². The number of rotatable bonds is 7. The lowest BCUT2D eigenvalue weighted by molar-refractivity contribution is 0.322. The summed E-state index contributed by atoms with van der Waals surface area (Å²) in [5, 5.41) is 6.73. The zero-order valence-corrected chi connectivity index (χ0v) is 17.1. The average Bonchev–Trinajstić information content (AvgIpc) is 2.74. The number of benzene rings is 2. The number of hydrogen-bond acceptors (Lipinski definition) is 6. The number of halogens is 3. The van der Waals surface area contributed by atoms with Crippen LogP contribution in [-0.4, -0.2) is 31.1 Å². The second kappa shape index (κ2) is 9.00. The van der Waals surface area contributed by atoms with E-state index in [1.165, 1.54) is 27.5 Å². The van der Waals surface area contributed by atoms with Gasteiger partial charge in [-0.15, -0.1) is 0 Å². The molecule has 0 saturated heterocycles. The van der Waals surface area contributed by atoms with Gasteiger partial charge in [-0.3, -0.25) is 4.79 Å². The number of anilines is 1. The lowest BCUT2D eigenvalue weighted by atomic mass is 10.1. The predicted molar refractivity (Wildman–Crippen MR) is 108 cm³/mol. The maximum atomic E-state index is 14.0. The largest absolute Gasteiger partial charge is 0.493 e. The van der Waals surface area contributed by atoms with E-state index in [1.54, 1.807) is 12.1 Å². The number of ether oxygens (including phenoxy) is 3. The number of methoxy groups -OCH3 is 3. The molecule has 10 heteroatoms. The van der Waals surface area contributed by atoms with Gasteiger partial charge in [-0.2, -0.15) is 9.78 Å². The van der Waals surface area contributed by atoms with Crippen LogP contribution in [-0.2, 0) is 6.54 Å². The van der Waals surface area contributed by atoms with Crippen molar-refractivity contribution in [3.63, 3.8) is 0 Å². The highest BCUT2D eigenvalue weighted by Crippen LogP contribution is 2.40. The topological polar surface area (TPSA) is 74.6 Å². The van der Waals surface area contributed by atoms with Gasteiger partial charge in [0.2, 0.25) is 5.75 Å². The van der Waals surface area contributed by atoms with Gasteiger partial charge in [0.15, 0.2) is 17.3 Å². The zero-order valence-electron chi connectivity index (χ0n) is 16.3. The molecule has 0 radical (unpaired) electrons. The van der Waals surface area contributed by atoms with Crippen molar-refractivity contribution in [2.45, 2.75) is 6.54 Å². The molecule has 1 N–H and O–H groups in total. The molecule has 0 atom stereocenters. The Morgan fingerprint density at radius 1 is 1.07 bits per heavy atom. The van der Waals surface area contributed by atoms with Crippen molar-refractivity contribution in [1.82, 2.24) is 9.78 Å². The molecule has 1 heterocycles. The van der Waals surface area contributed by atoms with E-state index in [2.05, 4.69) is 10.4 Å². The molecule has 2 aromatic carbocycles. The molecule has 0 spiro atoms. The first-order valence-corrected chi connectivity index (χ1v) is 9.04. The van der Waals surface area contributed by atoms with Crippen molar-refractivity contribution in [1.29, 1.82) is 0 Å². The molecule has 30 heavy (non-hydrogen) atoms.